The molecule has 0 spiro atoms. The first-order valence-corrected chi connectivity index (χ1v) is 24.3. The number of aryl methyl sites for hydroxylation is 2. The minimum Gasteiger partial charge on any atom is -0.506 e. The lowest BCUT2D eigenvalue weighted by Gasteiger charge is -2.35. The van der Waals surface area contributed by atoms with E-state index in [4.69, 9.17) is 4.74 Å². The van der Waals surface area contributed by atoms with E-state index in [2.05, 4.69) is 45.4 Å². The molecule has 2 aliphatic rings. The Kier molecular flexibility index (Phi) is 13.4. The van der Waals surface area contributed by atoms with Gasteiger partial charge in [-0.15, -0.1) is 27.8 Å². The van der Waals surface area contributed by atoms with E-state index in [0.29, 0.717) is 38.7 Å². The molecule has 5 heterocycles. The van der Waals surface area contributed by atoms with Gasteiger partial charge in [0.2, 0.25) is 11.2 Å². The number of phenolic OH excluding ortho intramolecular Hbond substituents is 1. The monoisotopic (exact) mass is 924 g/mol. The second kappa shape index (κ2) is 19.1. The number of aromatic hydroxyl groups is 1. The van der Waals surface area contributed by atoms with Crippen molar-refractivity contribution in [1.29, 1.82) is 0 Å². The summed E-state index contributed by atoms with van der Waals surface area (Å²) in [5.74, 6) is -1.17. The van der Waals surface area contributed by atoms with E-state index in [1.54, 1.807) is 36.4 Å². The van der Waals surface area contributed by atoms with Crippen molar-refractivity contribution in [2.45, 2.75) is 86.7 Å². The summed E-state index contributed by atoms with van der Waals surface area (Å²) in [7, 11) is -1.40. The number of hydrogen-bond acceptors (Lipinski definition) is 14. The molecule has 5 N–H and O–H groups in total. The number of rotatable bonds is 14. The van der Waals surface area contributed by atoms with E-state index < -0.39 is 33.6 Å². The smallest absolute Gasteiger partial charge is 0.349 e. The molecule has 9 rings (SSSR count). The number of fused-ring (bicyclic) bond motifs is 3. The number of benzene rings is 3. The predicted octanol–water partition coefficient (Wildman–Crippen LogP) is 6.39. The maximum absolute atomic E-state index is 13.4. The van der Waals surface area contributed by atoms with E-state index in [1.807, 2.05) is 32.3 Å². The van der Waals surface area contributed by atoms with E-state index in [-0.39, 0.29) is 27.9 Å². The van der Waals surface area contributed by atoms with Crippen molar-refractivity contribution in [3.63, 3.8) is 0 Å². The number of carbonyl (C=O) groups excluding carboxylic acids is 2. The first kappa shape index (κ1) is 44.8. The van der Waals surface area contributed by atoms with Gasteiger partial charge in [0.05, 0.1) is 32.5 Å². The number of sulfonamides is 1. The third kappa shape index (κ3) is 9.52. The number of aromatic nitrogens is 4. The maximum atomic E-state index is 13.4. The second-order valence-electron chi connectivity index (χ2n) is 16.1. The van der Waals surface area contributed by atoms with Gasteiger partial charge in [-0.2, -0.15) is 0 Å². The van der Waals surface area contributed by atoms with Crippen LogP contribution in [0, 0.1) is 0 Å². The number of esters is 1. The van der Waals surface area contributed by atoms with Gasteiger partial charge in [-0.05, 0) is 135 Å². The summed E-state index contributed by atoms with van der Waals surface area (Å²) < 4.78 is 32.1. The molecule has 334 valence electrons. The molecule has 1 amide bonds. The number of aliphatic hydroxyl groups excluding tert-OH is 1. The Balaban J connectivity index is 0.000000401. The Hall–Kier alpha value is -5.76. The number of nitrogens with one attached hydrogen (secondary N) is 2. The largest absolute Gasteiger partial charge is 0.506 e. The molecule has 1 aliphatic carbocycles. The molecule has 1 saturated carbocycles. The molecule has 7 aromatic rings. The Labute approximate surface area is 377 Å². The van der Waals surface area contributed by atoms with Gasteiger partial charge in [-0.3, -0.25) is 9.59 Å². The molecule has 15 nitrogen and oxygen atoms in total. The topological polar surface area (TPSA) is 217 Å². The third-order valence-corrected chi connectivity index (χ3v) is 15.3. The van der Waals surface area contributed by atoms with Crippen LogP contribution >= 0.6 is 22.7 Å². The van der Waals surface area contributed by atoms with Gasteiger partial charge in [0.1, 0.15) is 22.3 Å². The van der Waals surface area contributed by atoms with Crippen LogP contribution in [0.1, 0.15) is 82.3 Å². The van der Waals surface area contributed by atoms with Crippen LogP contribution < -0.4 is 10.3 Å². The predicted molar refractivity (Wildman–Crippen MR) is 244 cm³/mol. The number of ether oxygens (including phenoxy) is 1. The van der Waals surface area contributed by atoms with Gasteiger partial charge in [0, 0.05) is 24.0 Å². The van der Waals surface area contributed by atoms with E-state index in [9.17, 15) is 38.1 Å². The summed E-state index contributed by atoms with van der Waals surface area (Å²) in [5.41, 5.74) is 2.11. The minimum absolute atomic E-state index is 0.0210. The average molecular weight is 925 g/mol. The Bertz CT molecular complexity index is 2890. The summed E-state index contributed by atoms with van der Waals surface area (Å²) in [5, 5.41) is 45.8. The van der Waals surface area contributed by atoms with Crippen LogP contribution in [-0.4, -0.2) is 86.2 Å². The van der Waals surface area contributed by atoms with Crippen molar-refractivity contribution in [3.8, 4) is 5.75 Å². The van der Waals surface area contributed by atoms with Crippen LogP contribution in [0.25, 0.3) is 21.9 Å². The fourth-order valence-electron chi connectivity index (χ4n) is 8.45. The lowest BCUT2D eigenvalue weighted by Crippen LogP contribution is -2.42. The molecule has 0 saturated heterocycles. The molecule has 0 bridgehead atoms. The van der Waals surface area contributed by atoms with Gasteiger partial charge in [-0.25, -0.2) is 22.6 Å². The first-order valence-electron chi connectivity index (χ1n) is 21.0. The average Bonchev–Trinajstić information content (AvgIpc) is 4.13. The highest BCUT2D eigenvalue weighted by atomic mass is 32.2. The summed E-state index contributed by atoms with van der Waals surface area (Å²) in [6.07, 6.45) is 5.37. The zero-order valence-corrected chi connectivity index (χ0v) is 37.4. The minimum atomic E-state index is -3.55. The normalized spacial score (nSPS) is 17.5. The number of phenols is 1. The van der Waals surface area contributed by atoms with E-state index >= 15 is 0 Å². The molecule has 0 radical (unpaired) electrons. The molecule has 4 aromatic heterocycles. The fourth-order valence-corrected chi connectivity index (χ4v) is 11.3. The first-order chi connectivity index (χ1) is 30.8. The Morgan fingerprint density at radius 1 is 0.953 bits per heavy atom. The van der Waals surface area contributed by atoms with Crippen molar-refractivity contribution in [2.24, 2.45) is 0 Å². The van der Waals surface area contributed by atoms with Crippen LogP contribution in [0.15, 0.2) is 111 Å². The molecule has 0 unspecified atom stereocenters. The maximum Gasteiger partial charge on any atom is 0.349 e. The highest BCUT2D eigenvalue weighted by Crippen LogP contribution is 2.38. The number of aliphatic hydroxyl groups is 2. The number of nitrogens with zero attached hydrogens (tertiary/aromatic N) is 4. The highest BCUT2D eigenvalue weighted by Gasteiger charge is 2.45. The Morgan fingerprint density at radius 2 is 1.69 bits per heavy atom. The van der Waals surface area contributed by atoms with Crippen LogP contribution in [-0.2, 0) is 38.1 Å². The standard InChI is InChI=1S/C39H43N5O6S2.C7H5NO3S/c1-43(26-11-13-27(14-12-26)50-38(48)39(49,34-8-3-22-51-34)35-9-4-23-52-35)20-5-21-44-31-17-10-25(24-30(31)41-42-44)6-2-7-32(45)28-15-18-33(46)37-29(28)16-19-36(47)40-37;9-7-5-3-1-2-4-6(5)12(10,11)8-7/h3-4,8-10,15-19,22-24,26-27,32,45-46,49H,2,5-7,11-14,20-21H2,1H3,(H,40,47);1-4H,(H,8,9)/t26?,27?,32-;/m0./s1. The number of carbonyl (C=O) groups is 2. The number of aromatic amines is 1. The molecule has 64 heavy (non-hydrogen) atoms. The molecule has 18 heteroatoms. The number of H-pyrrole nitrogens is 1. The van der Waals surface area contributed by atoms with Crippen molar-refractivity contribution < 1.29 is 38.1 Å². The van der Waals surface area contributed by atoms with Crippen molar-refractivity contribution in [2.75, 3.05) is 13.6 Å². The molecule has 1 atom stereocenters. The van der Waals surface area contributed by atoms with Crippen LogP contribution in [0.4, 0.5) is 0 Å². The van der Waals surface area contributed by atoms with Gasteiger partial charge < -0.3 is 29.9 Å². The molecule has 1 aliphatic heterocycles. The summed E-state index contributed by atoms with van der Waals surface area (Å²) in [6, 6.07) is 26.2. The highest BCUT2D eigenvalue weighted by molar-refractivity contribution is 7.90. The van der Waals surface area contributed by atoms with Crippen LogP contribution in [0.3, 0.4) is 0 Å². The zero-order valence-electron chi connectivity index (χ0n) is 34.9. The van der Waals surface area contributed by atoms with Gasteiger partial charge in [0.25, 0.3) is 15.9 Å². The van der Waals surface area contributed by atoms with E-state index in [0.717, 1.165) is 74.6 Å². The number of amides is 1. The summed E-state index contributed by atoms with van der Waals surface area (Å²) in [4.78, 5) is 42.3. The van der Waals surface area contributed by atoms with Gasteiger partial charge in [-0.1, -0.05) is 41.6 Å². The van der Waals surface area contributed by atoms with Crippen molar-refractivity contribution in [1.82, 2.24) is 29.6 Å². The van der Waals surface area contributed by atoms with Gasteiger partial charge in [0.15, 0.2) is 0 Å². The third-order valence-electron chi connectivity index (χ3n) is 11.9. The molecule has 1 fully saturated rings. The quantitative estimate of drug-likeness (QED) is 0.0751. The lowest BCUT2D eigenvalue weighted by atomic mass is 9.91. The lowest BCUT2D eigenvalue weighted by molar-refractivity contribution is -0.169. The van der Waals surface area contributed by atoms with Crippen molar-refractivity contribution in [3.05, 3.63) is 139 Å². The van der Waals surface area contributed by atoms with Crippen LogP contribution in [0.5, 0.6) is 5.75 Å². The SMILES string of the molecule is CN(CCCn1nnc2cc(CCC[C@H](O)c3ccc(O)c4[nH]c(=O)ccc34)ccc21)C1CCC(OC(=O)C(O)(c2cccs2)c2cccs2)CC1.O=C1NS(=O)(=O)c2ccccc21. The zero-order chi connectivity index (χ0) is 45.0. The van der Waals surface area contributed by atoms with E-state index in [1.165, 1.54) is 46.9 Å². The summed E-state index contributed by atoms with van der Waals surface area (Å²) in [6.45, 7) is 1.65. The molecular formula is C46H48N6O9S3. The molecule has 3 aromatic carbocycles. The van der Waals surface area contributed by atoms with Crippen LogP contribution in [0.2, 0.25) is 0 Å². The number of thiophene rings is 2. The molecular weight excluding hydrogens is 877 g/mol. The van der Waals surface area contributed by atoms with Crippen molar-refractivity contribution >= 4 is 66.5 Å². The second-order valence-corrected chi connectivity index (χ2v) is 19.6. The summed E-state index contributed by atoms with van der Waals surface area (Å²) >= 11 is 2.71. The van der Waals surface area contributed by atoms with Gasteiger partial charge >= 0.3 is 5.97 Å². The number of pyridine rings is 1. The number of hydrogen-bond donors (Lipinski definition) is 5. The fraction of sp³-hybridized carbons (Fsp3) is 0.326. The Morgan fingerprint density at radius 3 is 2.39 bits per heavy atom.